The van der Waals surface area contributed by atoms with Crippen LogP contribution < -0.4 is 5.32 Å². The van der Waals surface area contributed by atoms with Crippen LogP contribution in [0.25, 0.3) is 0 Å². The summed E-state index contributed by atoms with van der Waals surface area (Å²) in [6.45, 7) is 0. The molecule has 1 amide bonds. The Labute approximate surface area is 95.5 Å². The molecule has 1 aromatic rings. The highest BCUT2D eigenvalue weighted by molar-refractivity contribution is 5.78. The number of carbonyl (C=O) groups is 1. The molecule has 0 aliphatic heterocycles. The van der Waals surface area contributed by atoms with E-state index < -0.39 is 0 Å². The first-order chi connectivity index (χ1) is 7.75. The van der Waals surface area contributed by atoms with E-state index in [-0.39, 0.29) is 18.1 Å². The molecule has 0 spiro atoms. The molecule has 16 heavy (non-hydrogen) atoms. The number of aliphatic hydroxyl groups is 1. The summed E-state index contributed by atoms with van der Waals surface area (Å²) in [5.74, 6) is -0.00264. The number of nitrogens with one attached hydrogen (secondary N) is 1. The van der Waals surface area contributed by atoms with Crippen LogP contribution in [0.4, 0.5) is 0 Å². The molecule has 1 fully saturated rings. The van der Waals surface area contributed by atoms with Gasteiger partial charge in [-0.05, 0) is 24.8 Å². The van der Waals surface area contributed by atoms with Crippen LogP contribution in [-0.2, 0) is 11.2 Å². The fraction of sp³-hybridized carbons (Fsp3) is 0.462. The quantitative estimate of drug-likeness (QED) is 0.804. The monoisotopic (exact) mass is 219 g/mol. The Hall–Kier alpha value is -1.35. The molecular weight excluding hydrogens is 202 g/mol. The standard InChI is InChI=1S/C13H17NO2/c15-12-8-4-7-11(12)14-13(16)9-10-5-2-1-3-6-10/h1-3,5-6,11-12,15H,4,7-9H2,(H,14,16). The zero-order valence-corrected chi connectivity index (χ0v) is 9.23. The Morgan fingerprint density at radius 3 is 2.69 bits per heavy atom. The van der Waals surface area contributed by atoms with Gasteiger partial charge in [0, 0.05) is 0 Å². The van der Waals surface area contributed by atoms with Crippen LogP contribution >= 0.6 is 0 Å². The van der Waals surface area contributed by atoms with Gasteiger partial charge >= 0.3 is 0 Å². The minimum atomic E-state index is -0.361. The molecule has 1 saturated carbocycles. The van der Waals surface area contributed by atoms with Gasteiger partial charge in [-0.25, -0.2) is 0 Å². The van der Waals surface area contributed by atoms with Crippen LogP contribution in [-0.4, -0.2) is 23.2 Å². The molecule has 2 N–H and O–H groups in total. The zero-order chi connectivity index (χ0) is 11.4. The van der Waals surface area contributed by atoms with E-state index in [1.54, 1.807) is 0 Å². The van der Waals surface area contributed by atoms with Gasteiger partial charge in [-0.15, -0.1) is 0 Å². The summed E-state index contributed by atoms with van der Waals surface area (Å²) in [4.78, 5) is 11.7. The number of hydrogen-bond donors (Lipinski definition) is 2. The van der Waals surface area contributed by atoms with E-state index in [2.05, 4.69) is 5.32 Å². The number of hydrogen-bond acceptors (Lipinski definition) is 2. The first-order valence-corrected chi connectivity index (χ1v) is 5.77. The Balaban J connectivity index is 1.85. The van der Waals surface area contributed by atoms with Crippen molar-refractivity contribution in [2.45, 2.75) is 37.8 Å². The third-order valence-corrected chi connectivity index (χ3v) is 3.03. The Morgan fingerprint density at radius 1 is 1.31 bits per heavy atom. The maximum Gasteiger partial charge on any atom is 0.224 e. The van der Waals surface area contributed by atoms with E-state index in [1.807, 2.05) is 30.3 Å². The molecule has 1 aliphatic carbocycles. The third kappa shape index (κ3) is 2.83. The molecule has 0 aromatic heterocycles. The van der Waals surface area contributed by atoms with E-state index in [0.717, 1.165) is 24.8 Å². The molecule has 3 heteroatoms. The topological polar surface area (TPSA) is 49.3 Å². The molecule has 2 unspecified atom stereocenters. The highest BCUT2D eigenvalue weighted by Gasteiger charge is 2.26. The van der Waals surface area contributed by atoms with Crippen molar-refractivity contribution in [2.75, 3.05) is 0 Å². The molecule has 2 atom stereocenters. The first kappa shape index (κ1) is 11.1. The highest BCUT2D eigenvalue weighted by Crippen LogP contribution is 2.18. The van der Waals surface area contributed by atoms with Gasteiger partial charge in [0.25, 0.3) is 0 Å². The maximum atomic E-state index is 11.7. The van der Waals surface area contributed by atoms with Crippen LogP contribution in [0.5, 0.6) is 0 Å². The molecule has 0 heterocycles. The minimum absolute atomic E-state index is 0.00264. The van der Waals surface area contributed by atoms with Gasteiger partial charge in [-0.2, -0.15) is 0 Å². The van der Waals surface area contributed by atoms with Crippen molar-refractivity contribution in [2.24, 2.45) is 0 Å². The summed E-state index contributed by atoms with van der Waals surface area (Å²) in [5.41, 5.74) is 1.01. The SMILES string of the molecule is O=C(Cc1ccccc1)NC1CCCC1O. The summed E-state index contributed by atoms with van der Waals surface area (Å²) in [6, 6.07) is 9.61. The molecule has 0 radical (unpaired) electrons. The van der Waals surface area contributed by atoms with Crippen LogP contribution in [0.3, 0.4) is 0 Å². The Morgan fingerprint density at radius 2 is 2.06 bits per heavy atom. The second-order valence-corrected chi connectivity index (χ2v) is 4.33. The number of amides is 1. The largest absolute Gasteiger partial charge is 0.391 e. The lowest BCUT2D eigenvalue weighted by Crippen LogP contribution is -2.40. The molecule has 86 valence electrons. The normalized spacial score (nSPS) is 24.3. The molecule has 2 rings (SSSR count). The molecule has 0 saturated heterocycles. The van der Waals surface area contributed by atoms with Crippen LogP contribution in [0.1, 0.15) is 24.8 Å². The van der Waals surface area contributed by atoms with Crippen LogP contribution in [0.2, 0.25) is 0 Å². The van der Waals surface area contributed by atoms with Crippen LogP contribution in [0, 0.1) is 0 Å². The lowest BCUT2D eigenvalue weighted by Gasteiger charge is -2.16. The van der Waals surface area contributed by atoms with E-state index in [9.17, 15) is 9.90 Å². The van der Waals surface area contributed by atoms with Gasteiger partial charge < -0.3 is 10.4 Å². The first-order valence-electron chi connectivity index (χ1n) is 5.77. The Bertz CT molecular complexity index is 350. The molecular formula is C13H17NO2. The fourth-order valence-electron chi connectivity index (χ4n) is 2.15. The van der Waals surface area contributed by atoms with Crippen LogP contribution in [0.15, 0.2) is 30.3 Å². The molecule has 3 nitrogen and oxygen atoms in total. The lowest BCUT2D eigenvalue weighted by atomic mass is 10.1. The van der Waals surface area contributed by atoms with E-state index in [1.165, 1.54) is 0 Å². The van der Waals surface area contributed by atoms with Crippen molar-refractivity contribution in [1.29, 1.82) is 0 Å². The van der Waals surface area contributed by atoms with E-state index >= 15 is 0 Å². The van der Waals surface area contributed by atoms with Crippen molar-refractivity contribution in [3.05, 3.63) is 35.9 Å². The maximum absolute atomic E-state index is 11.7. The zero-order valence-electron chi connectivity index (χ0n) is 9.23. The second kappa shape index (κ2) is 5.12. The average molecular weight is 219 g/mol. The fourth-order valence-corrected chi connectivity index (χ4v) is 2.15. The highest BCUT2D eigenvalue weighted by atomic mass is 16.3. The molecule has 1 aromatic carbocycles. The van der Waals surface area contributed by atoms with Gasteiger partial charge in [0.15, 0.2) is 0 Å². The van der Waals surface area contributed by atoms with E-state index in [4.69, 9.17) is 0 Å². The third-order valence-electron chi connectivity index (χ3n) is 3.03. The number of aliphatic hydroxyl groups excluding tert-OH is 1. The van der Waals surface area contributed by atoms with Crippen molar-refractivity contribution >= 4 is 5.91 Å². The summed E-state index contributed by atoms with van der Waals surface area (Å²) in [5, 5.41) is 12.5. The predicted molar refractivity (Wildman–Crippen MR) is 61.9 cm³/mol. The summed E-state index contributed by atoms with van der Waals surface area (Å²) in [6.07, 6.45) is 2.72. The average Bonchev–Trinajstić information content (AvgIpc) is 2.66. The molecule has 0 bridgehead atoms. The van der Waals surface area contributed by atoms with E-state index in [0.29, 0.717) is 6.42 Å². The number of rotatable bonds is 3. The summed E-state index contributed by atoms with van der Waals surface area (Å²) in [7, 11) is 0. The van der Waals surface area contributed by atoms with Crippen molar-refractivity contribution in [1.82, 2.24) is 5.32 Å². The van der Waals surface area contributed by atoms with Gasteiger partial charge in [-0.3, -0.25) is 4.79 Å². The number of carbonyl (C=O) groups excluding carboxylic acids is 1. The Kier molecular flexibility index (Phi) is 3.57. The summed E-state index contributed by atoms with van der Waals surface area (Å²) >= 11 is 0. The molecule has 1 aliphatic rings. The lowest BCUT2D eigenvalue weighted by molar-refractivity contribution is -0.121. The predicted octanol–water partition coefficient (Wildman–Crippen LogP) is 1.26. The van der Waals surface area contributed by atoms with Gasteiger partial charge in [0.05, 0.1) is 18.6 Å². The minimum Gasteiger partial charge on any atom is -0.391 e. The van der Waals surface area contributed by atoms with Gasteiger partial charge in [0.2, 0.25) is 5.91 Å². The number of benzene rings is 1. The van der Waals surface area contributed by atoms with Gasteiger partial charge in [-0.1, -0.05) is 30.3 Å². The van der Waals surface area contributed by atoms with Crippen molar-refractivity contribution in [3.8, 4) is 0 Å². The second-order valence-electron chi connectivity index (χ2n) is 4.33. The summed E-state index contributed by atoms with van der Waals surface area (Å²) < 4.78 is 0. The van der Waals surface area contributed by atoms with Gasteiger partial charge in [0.1, 0.15) is 0 Å². The van der Waals surface area contributed by atoms with Crippen molar-refractivity contribution in [3.63, 3.8) is 0 Å². The smallest absolute Gasteiger partial charge is 0.224 e. The van der Waals surface area contributed by atoms with Crippen molar-refractivity contribution < 1.29 is 9.90 Å².